The van der Waals surface area contributed by atoms with Gasteiger partial charge in [0.15, 0.2) is 0 Å². The maximum Gasteiger partial charge on any atom is 0.355 e. The Morgan fingerprint density at radius 3 is 2.23 bits per heavy atom. The van der Waals surface area contributed by atoms with Gasteiger partial charge in [-0.2, -0.15) is 5.26 Å². The summed E-state index contributed by atoms with van der Waals surface area (Å²) in [5.41, 5.74) is 7.97. The van der Waals surface area contributed by atoms with Crippen LogP contribution in [0.25, 0.3) is 0 Å². The highest BCUT2D eigenvalue weighted by molar-refractivity contribution is 6.34. The number of piperazine rings is 1. The molecule has 0 saturated carbocycles. The molecule has 2 aliphatic rings. The van der Waals surface area contributed by atoms with Crippen molar-refractivity contribution in [3.05, 3.63) is 81.8 Å². The van der Waals surface area contributed by atoms with Gasteiger partial charge in [0, 0.05) is 32.6 Å². The number of benzene rings is 2. The van der Waals surface area contributed by atoms with Gasteiger partial charge in [-0.3, -0.25) is 9.69 Å². The maximum atomic E-state index is 13.4. The van der Waals surface area contributed by atoms with Crippen LogP contribution in [0.2, 0.25) is 5.02 Å². The lowest BCUT2D eigenvalue weighted by Crippen LogP contribution is -2.49. The number of nitrogens with zero attached hydrogens (tertiary/aromatic N) is 4. The Kier molecular flexibility index (Phi) is 8.65. The van der Waals surface area contributed by atoms with Crippen molar-refractivity contribution in [1.29, 1.82) is 5.26 Å². The van der Waals surface area contributed by atoms with E-state index in [0.717, 1.165) is 0 Å². The molecular formula is C29H30ClN5O5. The molecule has 2 heterocycles. The van der Waals surface area contributed by atoms with Gasteiger partial charge in [-0.1, -0.05) is 54.9 Å². The maximum absolute atomic E-state index is 13.4. The Morgan fingerprint density at radius 2 is 1.65 bits per heavy atom. The van der Waals surface area contributed by atoms with Crippen molar-refractivity contribution in [3.63, 3.8) is 0 Å². The van der Waals surface area contributed by atoms with Gasteiger partial charge in [0.25, 0.3) is 0 Å². The first-order valence-corrected chi connectivity index (χ1v) is 13.1. The highest BCUT2D eigenvalue weighted by Crippen LogP contribution is 2.47. The van der Waals surface area contributed by atoms with Gasteiger partial charge in [-0.25, -0.2) is 9.59 Å². The number of hydrogen-bond acceptors (Lipinski definition) is 9. The third kappa shape index (κ3) is 5.08. The molecule has 208 valence electrons. The molecule has 1 amide bonds. The number of amides is 1. The Labute approximate surface area is 237 Å². The first-order chi connectivity index (χ1) is 19.3. The Hall–Kier alpha value is -4.49. The number of para-hydroxylation sites is 1. The second kappa shape index (κ2) is 12.1. The number of allylic oxidation sites excluding steroid dienone is 1. The molecule has 0 aliphatic carbocycles. The zero-order chi connectivity index (χ0) is 29.0. The molecule has 1 atom stereocenters. The fourth-order valence-corrected chi connectivity index (χ4v) is 5.45. The van der Waals surface area contributed by atoms with Gasteiger partial charge in [-0.15, -0.1) is 0 Å². The fourth-order valence-electron chi connectivity index (χ4n) is 5.16. The number of ether oxygens (including phenoxy) is 2. The molecule has 0 radical (unpaired) electrons. The van der Waals surface area contributed by atoms with Crippen molar-refractivity contribution in [2.24, 2.45) is 5.73 Å². The van der Waals surface area contributed by atoms with Gasteiger partial charge in [0.05, 0.1) is 53.8 Å². The number of hydrogen-bond donors (Lipinski definition) is 1. The minimum absolute atomic E-state index is 0.0484. The number of esters is 2. The van der Waals surface area contributed by atoms with Crippen molar-refractivity contribution in [2.45, 2.75) is 19.3 Å². The summed E-state index contributed by atoms with van der Waals surface area (Å²) in [6.07, 6.45) is 0.412. The van der Waals surface area contributed by atoms with Crippen LogP contribution in [0.15, 0.2) is 71.2 Å². The molecule has 2 N–H and O–H groups in total. The van der Waals surface area contributed by atoms with Crippen molar-refractivity contribution in [3.8, 4) is 6.07 Å². The summed E-state index contributed by atoms with van der Waals surface area (Å²) in [6, 6.07) is 16.1. The molecule has 0 bridgehead atoms. The number of halogens is 1. The Morgan fingerprint density at radius 1 is 1.00 bits per heavy atom. The van der Waals surface area contributed by atoms with Crippen molar-refractivity contribution in [1.82, 2.24) is 4.90 Å². The molecule has 0 spiro atoms. The summed E-state index contributed by atoms with van der Waals surface area (Å²) in [5, 5.41) is 10.7. The van der Waals surface area contributed by atoms with Crippen LogP contribution in [0, 0.1) is 11.3 Å². The number of carbonyl (C=O) groups excluding carboxylic acids is 3. The van der Waals surface area contributed by atoms with Gasteiger partial charge in [0.1, 0.15) is 11.5 Å². The van der Waals surface area contributed by atoms with Gasteiger partial charge in [0.2, 0.25) is 5.91 Å². The largest absolute Gasteiger partial charge is 0.466 e. The van der Waals surface area contributed by atoms with Gasteiger partial charge in [-0.05, 0) is 17.7 Å². The van der Waals surface area contributed by atoms with E-state index in [-0.39, 0.29) is 28.6 Å². The van der Waals surface area contributed by atoms with E-state index in [0.29, 0.717) is 54.6 Å². The monoisotopic (exact) mass is 563 g/mol. The molecule has 0 aromatic heterocycles. The molecular weight excluding hydrogens is 534 g/mol. The first kappa shape index (κ1) is 28.5. The van der Waals surface area contributed by atoms with E-state index in [9.17, 15) is 19.6 Å². The zero-order valence-corrected chi connectivity index (χ0v) is 23.3. The van der Waals surface area contributed by atoms with Crippen LogP contribution in [-0.2, 0) is 23.9 Å². The fraction of sp³-hybridized carbons (Fsp3) is 0.310. The number of rotatable bonds is 6. The van der Waals surface area contributed by atoms with Crippen LogP contribution in [0.4, 0.5) is 11.4 Å². The third-order valence-corrected chi connectivity index (χ3v) is 7.37. The molecule has 40 heavy (non-hydrogen) atoms. The van der Waals surface area contributed by atoms with Crippen LogP contribution in [0.1, 0.15) is 24.8 Å². The second-order valence-corrected chi connectivity index (χ2v) is 9.57. The molecule has 10 nitrogen and oxygen atoms in total. The van der Waals surface area contributed by atoms with E-state index in [4.69, 9.17) is 26.8 Å². The van der Waals surface area contributed by atoms with Gasteiger partial charge < -0.3 is 25.0 Å². The van der Waals surface area contributed by atoms with E-state index in [1.54, 1.807) is 53.4 Å². The topological polar surface area (TPSA) is 129 Å². The standard InChI is InChI=1S/C29H30ClN5O5/c1-4-22(36)33-13-15-34(16-14-33)25-20(30)11-8-12-21(25)35-26(29(38)40-3)24(28(37)39-2)23(19(17-31)27(35)32)18-9-6-5-7-10-18/h5-12,23H,4,13-16,32H2,1-3H3. The van der Waals surface area contributed by atoms with Gasteiger partial charge >= 0.3 is 11.9 Å². The van der Waals surface area contributed by atoms with Crippen LogP contribution in [-0.4, -0.2) is 63.1 Å². The average molecular weight is 564 g/mol. The Balaban J connectivity index is 1.96. The molecule has 2 aliphatic heterocycles. The smallest absolute Gasteiger partial charge is 0.355 e. The number of nitriles is 1. The lowest BCUT2D eigenvalue weighted by molar-refractivity contribution is -0.139. The Bertz CT molecular complexity index is 1420. The lowest BCUT2D eigenvalue weighted by atomic mass is 9.81. The highest BCUT2D eigenvalue weighted by Gasteiger charge is 2.44. The normalized spacial score (nSPS) is 17.5. The molecule has 11 heteroatoms. The molecule has 1 saturated heterocycles. The van der Waals surface area contributed by atoms with E-state index < -0.39 is 17.9 Å². The molecule has 2 aromatic carbocycles. The third-order valence-electron chi connectivity index (χ3n) is 7.07. The van der Waals surface area contributed by atoms with Crippen LogP contribution in [0.5, 0.6) is 0 Å². The quantitative estimate of drug-likeness (QED) is 0.526. The lowest BCUT2D eigenvalue weighted by Gasteiger charge is -2.41. The summed E-state index contributed by atoms with van der Waals surface area (Å²) >= 11 is 6.74. The number of anilines is 2. The predicted octanol–water partition coefficient (Wildman–Crippen LogP) is 3.30. The zero-order valence-electron chi connectivity index (χ0n) is 22.5. The summed E-state index contributed by atoms with van der Waals surface area (Å²) < 4.78 is 10.3. The number of nitrogens with two attached hydrogens (primary N) is 1. The number of carbonyl (C=O) groups is 3. The summed E-state index contributed by atoms with van der Waals surface area (Å²) in [6.45, 7) is 3.73. The molecule has 4 rings (SSSR count). The summed E-state index contributed by atoms with van der Waals surface area (Å²) in [7, 11) is 2.40. The SMILES string of the molecule is CCC(=O)N1CCN(c2c(Cl)cccc2N2C(N)=C(C#N)C(c3ccccc3)C(C(=O)OC)=C2C(=O)OC)CC1. The first-order valence-electron chi connectivity index (χ1n) is 12.8. The average Bonchev–Trinajstić information content (AvgIpc) is 2.99. The minimum atomic E-state index is -0.977. The van der Waals surface area contributed by atoms with Crippen LogP contribution < -0.4 is 15.5 Å². The molecule has 2 aromatic rings. The van der Waals surface area contributed by atoms with Crippen molar-refractivity contribution in [2.75, 3.05) is 50.2 Å². The van der Waals surface area contributed by atoms with Crippen LogP contribution >= 0.6 is 11.6 Å². The second-order valence-electron chi connectivity index (χ2n) is 9.16. The minimum Gasteiger partial charge on any atom is -0.466 e. The highest BCUT2D eigenvalue weighted by atomic mass is 35.5. The molecule has 1 fully saturated rings. The van der Waals surface area contributed by atoms with E-state index in [1.165, 1.54) is 19.1 Å². The van der Waals surface area contributed by atoms with Crippen molar-refractivity contribution >= 4 is 40.8 Å². The van der Waals surface area contributed by atoms with Crippen molar-refractivity contribution < 1.29 is 23.9 Å². The molecule has 1 unspecified atom stereocenters. The van der Waals surface area contributed by atoms with Crippen LogP contribution in [0.3, 0.4) is 0 Å². The summed E-state index contributed by atoms with van der Waals surface area (Å²) in [4.78, 5) is 44.2. The van der Waals surface area contributed by atoms with E-state index >= 15 is 0 Å². The number of methoxy groups -OCH3 is 2. The van der Waals surface area contributed by atoms with E-state index in [1.807, 2.05) is 11.8 Å². The summed E-state index contributed by atoms with van der Waals surface area (Å²) in [5.74, 6) is -2.62. The predicted molar refractivity (Wildman–Crippen MR) is 150 cm³/mol. The van der Waals surface area contributed by atoms with E-state index in [2.05, 4.69) is 6.07 Å².